The predicted octanol–water partition coefficient (Wildman–Crippen LogP) is 1.98. The minimum absolute atomic E-state index is 0.0481. The van der Waals surface area contributed by atoms with Crippen LogP contribution in [0.2, 0.25) is 0 Å². The molecule has 0 saturated carbocycles. The Morgan fingerprint density at radius 2 is 2.21 bits per heavy atom. The van der Waals surface area contributed by atoms with Crippen LogP contribution in [-0.4, -0.2) is 43.7 Å². The molecule has 1 aromatic rings. The fourth-order valence-electron chi connectivity index (χ4n) is 2.32. The molecule has 1 amide bonds. The van der Waals surface area contributed by atoms with Crippen LogP contribution in [0.3, 0.4) is 0 Å². The number of benzene rings is 1. The number of nitrogens with one attached hydrogen (secondary N) is 1. The molecule has 1 N–H and O–H groups in total. The van der Waals surface area contributed by atoms with Crippen LogP contribution in [0.25, 0.3) is 0 Å². The normalized spacial score (nSPS) is 18.7. The van der Waals surface area contributed by atoms with E-state index in [2.05, 4.69) is 17.1 Å². The number of hydrogen-bond donors (Lipinski definition) is 1. The van der Waals surface area contributed by atoms with Crippen molar-refractivity contribution >= 4 is 11.6 Å². The van der Waals surface area contributed by atoms with Gasteiger partial charge in [0.1, 0.15) is 0 Å². The number of para-hydroxylation sites is 1. The Morgan fingerprint density at radius 1 is 1.42 bits per heavy atom. The van der Waals surface area contributed by atoms with Crippen LogP contribution in [0.1, 0.15) is 13.3 Å². The zero-order chi connectivity index (χ0) is 13.5. The summed E-state index contributed by atoms with van der Waals surface area (Å²) in [5, 5.41) is 2.92. The number of amides is 1. The van der Waals surface area contributed by atoms with Crippen molar-refractivity contribution in [2.75, 3.05) is 38.2 Å². The number of carbonyl (C=O) groups is 1. The van der Waals surface area contributed by atoms with Crippen LogP contribution in [0.5, 0.6) is 0 Å². The van der Waals surface area contributed by atoms with Crippen LogP contribution < -0.4 is 5.32 Å². The maximum absolute atomic E-state index is 12.0. The van der Waals surface area contributed by atoms with E-state index >= 15 is 0 Å². The first-order chi connectivity index (χ1) is 9.28. The van der Waals surface area contributed by atoms with Gasteiger partial charge in [0.2, 0.25) is 5.91 Å². The highest BCUT2D eigenvalue weighted by molar-refractivity contribution is 5.92. The highest BCUT2D eigenvalue weighted by Crippen LogP contribution is 2.14. The van der Waals surface area contributed by atoms with Crippen LogP contribution in [0.15, 0.2) is 30.3 Å². The lowest BCUT2D eigenvalue weighted by atomic mass is 10.1. The molecular weight excluding hydrogens is 240 g/mol. The Morgan fingerprint density at radius 3 is 2.84 bits per heavy atom. The van der Waals surface area contributed by atoms with Gasteiger partial charge < -0.3 is 10.1 Å². The molecule has 19 heavy (non-hydrogen) atoms. The Balaban J connectivity index is 1.78. The van der Waals surface area contributed by atoms with Crippen LogP contribution >= 0.6 is 0 Å². The van der Waals surface area contributed by atoms with Gasteiger partial charge in [0, 0.05) is 18.8 Å². The van der Waals surface area contributed by atoms with E-state index in [-0.39, 0.29) is 5.91 Å². The number of carbonyl (C=O) groups excluding carboxylic acids is 1. The van der Waals surface area contributed by atoms with Gasteiger partial charge in [-0.05, 0) is 31.0 Å². The third-order valence-corrected chi connectivity index (χ3v) is 3.41. The fraction of sp³-hybridized carbons (Fsp3) is 0.533. The summed E-state index contributed by atoms with van der Waals surface area (Å²) in [4.78, 5) is 14.1. The average molecular weight is 262 g/mol. The summed E-state index contributed by atoms with van der Waals surface area (Å²) >= 11 is 0. The molecule has 1 fully saturated rings. The lowest BCUT2D eigenvalue weighted by molar-refractivity contribution is -0.117. The Hall–Kier alpha value is -1.39. The van der Waals surface area contributed by atoms with Crippen molar-refractivity contribution in [2.24, 2.45) is 5.92 Å². The molecule has 0 radical (unpaired) electrons. The number of ether oxygens (including phenoxy) is 1. The first-order valence-electron chi connectivity index (χ1n) is 6.93. The van der Waals surface area contributed by atoms with Gasteiger partial charge in [-0.1, -0.05) is 25.1 Å². The third kappa shape index (κ3) is 4.65. The van der Waals surface area contributed by atoms with Crippen molar-refractivity contribution < 1.29 is 9.53 Å². The van der Waals surface area contributed by atoms with E-state index in [1.807, 2.05) is 30.3 Å². The Kier molecular flexibility index (Phi) is 5.36. The zero-order valence-corrected chi connectivity index (χ0v) is 11.5. The number of anilines is 1. The van der Waals surface area contributed by atoms with Gasteiger partial charge in [0.05, 0.1) is 13.2 Å². The molecule has 0 bridgehead atoms. The number of hydrogen-bond acceptors (Lipinski definition) is 3. The summed E-state index contributed by atoms with van der Waals surface area (Å²) in [6.07, 6.45) is 1.11. The molecule has 1 aliphatic heterocycles. The van der Waals surface area contributed by atoms with Crippen LogP contribution in [-0.2, 0) is 9.53 Å². The molecule has 0 spiro atoms. The molecule has 4 heteroatoms. The first-order valence-corrected chi connectivity index (χ1v) is 6.93. The van der Waals surface area contributed by atoms with Gasteiger partial charge in [0.25, 0.3) is 0 Å². The molecule has 1 unspecified atom stereocenters. The first kappa shape index (κ1) is 14.0. The molecule has 2 rings (SSSR count). The summed E-state index contributed by atoms with van der Waals surface area (Å²) in [7, 11) is 0. The van der Waals surface area contributed by atoms with Crippen LogP contribution in [0, 0.1) is 5.92 Å². The predicted molar refractivity (Wildman–Crippen MR) is 76.1 cm³/mol. The van der Waals surface area contributed by atoms with Gasteiger partial charge >= 0.3 is 0 Å². The molecule has 1 heterocycles. The molecule has 0 aliphatic carbocycles. The Labute approximate surface area is 114 Å². The highest BCUT2D eigenvalue weighted by Gasteiger charge is 2.19. The topological polar surface area (TPSA) is 41.6 Å². The molecule has 1 saturated heterocycles. The second-order valence-electron chi connectivity index (χ2n) is 4.97. The standard InChI is InChI=1S/C15H22N2O2/c1-2-17(10-13-8-9-19-12-13)11-15(18)16-14-6-4-3-5-7-14/h3-7,13H,2,8-12H2,1H3,(H,16,18). The van der Waals surface area contributed by atoms with E-state index in [1.165, 1.54) is 0 Å². The van der Waals surface area contributed by atoms with E-state index in [4.69, 9.17) is 4.74 Å². The summed E-state index contributed by atoms with van der Waals surface area (Å²) in [5.74, 6) is 0.622. The molecule has 104 valence electrons. The summed E-state index contributed by atoms with van der Waals surface area (Å²) in [5.41, 5.74) is 0.854. The summed E-state index contributed by atoms with van der Waals surface area (Å²) in [6, 6.07) is 9.58. The highest BCUT2D eigenvalue weighted by atomic mass is 16.5. The maximum Gasteiger partial charge on any atom is 0.238 e. The molecular formula is C15H22N2O2. The lowest BCUT2D eigenvalue weighted by Gasteiger charge is -2.22. The van der Waals surface area contributed by atoms with E-state index in [9.17, 15) is 4.79 Å². The van der Waals surface area contributed by atoms with Crippen molar-refractivity contribution in [1.29, 1.82) is 0 Å². The summed E-state index contributed by atoms with van der Waals surface area (Å²) < 4.78 is 5.38. The lowest BCUT2D eigenvalue weighted by Crippen LogP contribution is -2.36. The largest absolute Gasteiger partial charge is 0.381 e. The van der Waals surface area contributed by atoms with Gasteiger partial charge in [-0.15, -0.1) is 0 Å². The SMILES string of the molecule is CCN(CC(=O)Nc1ccccc1)CC1CCOC1. The molecule has 0 aromatic heterocycles. The van der Waals surface area contributed by atoms with E-state index in [0.29, 0.717) is 12.5 Å². The number of rotatable bonds is 6. The molecule has 1 aliphatic rings. The zero-order valence-electron chi connectivity index (χ0n) is 11.5. The van der Waals surface area contributed by atoms with Crippen molar-refractivity contribution in [2.45, 2.75) is 13.3 Å². The Bertz CT molecular complexity index is 388. The second kappa shape index (κ2) is 7.26. The van der Waals surface area contributed by atoms with E-state index < -0.39 is 0 Å². The number of nitrogens with zero attached hydrogens (tertiary/aromatic N) is 1. The molecule has 4 nitrogen and oxygen atoms in total. The summed E-state index contributed by atoms with van der Waals surface area (Å²) in [6.45, 7) is 6.06. The quantitative estimate of drug-likeness (QED) is 0.852. The average Bonchev–Trinajstić information content (AvgIpc) is 2.92. The van der Waals surface area contributed by atoms with Crippen molar-refractivity contribution in [3.63, 3.8) is 0 Å². The second-order valence-corrected chi connectivity index (χ2v) is 4.97. The minimum Gasteiger partial charge on any atom is -0.381 e. The monoisotopic (exact) mass is 262 g/mol. The molecule has 1 atom stereocenters. The van der Waals surface area contributed by atoms with Gasteiger partial charge in [-0.2, -0.15) is 0 Å². The van der Waals surface area contributed by atoms with Crippen molar-refractivity contribution in [3.8, 4) is 0 Å². The third-order valence-electron chi connectivity index (χ3n) is 3.41. The van der Waals surface area contributed by atoms with Crippen molar-refractivity contribution in [3.05, 3.63) is 30.3 Å². The smallest absolute Gasteiger partial charge is 0.238 e. The van der Waals surface area contributed by atoms with Crippen LogP contribution in [0.4, 0.5) is 5.69 Å². The van der Waals surface area contributed by atoms with E-state index in [0.717, 1.165) is 38.4 Å². The van der Waals surface area contributed by atoms with Gasteiger partial charge in [-0.25, -0.2) is 0 Å². The maximum atomic E-state index is 12.0. The van der Waals surface area contributed by atoms with Gasteiger partial charge in [-0.3, -0.25) is 9.69 Å². The minimum atomic E-state index is 0.0481. The number of likely N-dealkylation sites (N-methyl/N-ethyl adjacent to an activating group) is 1. The van der Waals surface area contributed by atoms with E-state index in [1.54, 1.807) is 0 Å². The fourth-order valence-corrected chi connectivity index (χ4v) is 2.32. The molecule has 1 aromatic carbocycles. The van der Waals surface area contributed by atoms with Gasteiger partial charge in [0.15, 0.2) is 0 Å². The van der Waals surface area contributed by atoms with Crippen molar-refractivity contribution in [1.82, 2.24) is 4.90 Å².